The molecular weight excluding hydrogens is 330 g/mol. The molecule has 0 spiro atoms. The first kappa shape index (κ1) is 18.5. The van der Waals surface area contributed by atoms with Crippen LogP contribution in [0.2, 0.25) is 0 Å². The van der Waals surface area contributed by atoms with Gasteiger partial charge in [-0.05, 0) is 37.5 Å². The van der Waals surface area contributed by atoms with Gasteiger partial charge in [-0.15, -0.1) is 0 Å². The van der Waals surface area contributed by atoms with E-state index in [1.54, 1.807) is 0 Å². The van der Waals surface area contributed by atoms with Gasteiger partial charge in [-0.25, -0.2) is 0 Å². The summed E-state index contributed by atoms with van der Waals surface area (Å²) in [5, 5.41) is 3.59. The number of ether oxygens (including phenoxy) is 2. The Labute approximate surface area is 137 Å². The van der Waals surface area contributed by atoms with Crippen LogP contribution in [0, 0.1) is 5.92 Å². The van der Waals surface area contributed by atoms with Gasteiger partial charge >= 0.3 is 0 Å². The van der Waals surface area contributed by atoms with E-state index < -0.39 is 0 Å². The molecule has 0 bridgehead atoms. The van der Waals surface area contributed by atoms with Gasteiger partial charge in [0.2, 0.25) is 0 Å². The summed E-state index contributed by atoms with van der Waals surface area (Å²) < 4.78 is 12.5. The third kappa shape index (κ3) is 6.81. The Hall–Kier alpha value is -0.580. The van der Waals surface area contributed by atoms with Crippen LogP contribution >= 0.6 is 15.9 Å². The van der Waals surface area contributed by atoms with E-state index in [-0.39, 0.29) is 0 Å². The van der Waals surface area contributed by atoms with E-state index in [0.29, 0.717) is 12.0 Å². The zero-order chi connectivity index (χ0) is 15.7. The summed E-state index contributed by atoms with van der Waals surface area (Å²) in [5.41, 5.74) is 1.18. The molecule has 0 fully saturated rings. The molecule has 1 aromatic carbocycles. The van der Waals surface area contributed by atoms with Gasteiger partial charge in [-0.2, -0.15) is 0 Å². The van der Waals surface area contributed by atoms with Crippen LogP contribution in [0.4, 0.5) is 0 Å². The van der Waals surface area contributed by atoms with Crippen LogP contribution < -0.4 is 10.1 Å². The molecular formula is C17H28BrNO2. The lowest BCUT2D eigenvalue weighted by molar-refractivity contribution is 0.107. The maximum Gasteiger partial charge on any atom is 0.123 e. The highest BCUT2D eigenvalue weighted by Gasteiger charge is 2.14. The minimum Gasteiger partial charge on any atom is -0.493 e. The lowest BCUT2D eigenvalue weighted by Gasteiger charge is -2.23. The van der Waals surface area contributed by atoms with E-state index >= 15 is 0 Å². The van der Waals surface area contributed by atoms with Crippen LogP contribution in [-0.2, 0) is 11.3 Å². The van der Waals surface area contributed by atoms with E-state index in [4.69, 9.17) is 9.47 Å². The summed E-state index contributed by atoms with van der Waals surface area (Å²) in [4.78, 5) is 0. The second-order valence-corrected chi connectivity index (χ2v) is 6.41. The zero-order valence-corrected chi connectivity index (χ0v) is 15.2. The molecule has 0 saturated heterocycles. The van der Waals surface area contributed by atoms with Gasteiger partial charge in [0.05, 0.1) is 13.2 Å². The Morgan fingerprint density at radius 1 is 1.24 bits per heavy atom. The second kappa shape index (κ2) is 10.2. The van der Waals surface area contributed by atoms with E-state index in [0.717, 1.165) is 43.0 Å². The zero-order valence-electron chi connectivity index (χ0n) is 13.6. The largest absolute Gasteiger partial charge is 0.493 e. The molecule has 0 aliphatic heterocycles. The topological polar surface area (TPSA) is 30.5 Å². The summed E-state index contributed by atoms with van der Waals surface area (Å²) in [7, 11) is 0. The molecule has 0 aliphatic rings. The minimum absolute atomic E-state index is 0.350. The van der Waals surface area contributed by atoms with Crippen molar-refractivity contribution < 1.29 is 9.47 Å². The molecule has 120 valence electrons. The quantitative estimate of drug-likeness (QED) is 0.673. The van der Waals surface area contributed by atoms with E-state index in [1.807, 2.05) is 19.1 Å². The number of hydrogen-bond acceptors (Lipinski definition) is 3. The van der Waals surface area contributed by atoms with Crippen LogP contribution in [0.3, 0.4) is 0 Å². The normalized spacial score (nSPS) is 12.7. The molecule has 1 atom stereocenters. The second-order valence-electron chi connectivity index (χ2n) is 5.49. The van der Waals surface area contributed by atoms with E-state index in [2.05, 4.69) is 48.1 Å². The van der Waals surface area contributed by atoms with Gasteiger partial charge in [0.25, 0.3) is 0 Å². The molecule has 1 N–H and O–H groups in total. The SMILES string of the molecule is CCCOc1ccc(Br)cc1CNC(COCC)C(C)C. The fourth-order valence-electron chi connectivity index (χ4n) is 2.01. The van der Waals surface area contributed by atoms with E-state index in [9.17, 15) is 0 Å². The molecule has 1 rings (SSSR count). The van der Waals surface area contributed by atoms with Gasteiger partial charge in [-0.3, -0.25) is 0 Å². The van der Waals surface area contributed by atoms with Crippen molar-refractivity contribution in [3.05, 3.63) is 28.2 Å². The van der Waals surface area contributed by atoms with Crippen molar-refractivity contribution in [2.45, 2.75) is 46.7 Å². The standard InChI is InChI=1S/C17H28BrNO2/c1-5-9-21-17-8-7-15(18)10-14(17)11-19-16(13(3)4)12-20-6-2/h7-8,10,13,16,19H,5-6,9,11-12H2,1-4H3. The Bertz CT molecular complexity index is 410. The fraction of sp³-hybridized carbons (Fsp3) is 0.647. The molecule has 1 unspecified atom stereocenters. The molecule has 0 aliphatic carbocycles. The van der Waals surface area contributed by atoms with Crippen LogP contribution in [-0.4, -0.2) is 25.9 Å². The number of rotatable bonds is 10. The van der Waals surface area contributed by atoms with Crippen molar-refractivity contribution in [3.63, 3.8) is 0 Å². The molecule has 3 nitrogen and oxygen atoms in total. The highest BCUT2D eigenvalue weighted by molar-refractivity contribution is 9.10. The summed E-state index contributed by atoms with van der Waals surface area (Å²) in [5.74, 6) is 1.50. The Morgan fingerprint density at radius 3 is 2.62 bits per heavy atom. The summed E-state index contributed by atoms with van der Waals surface area (Å²) in [6.07, 6.45) is 1.02. The van der Waals surface area contributed by atoms with Crippen LogP contribution in [0.5, 0.6) is 5.75 Å². The average Bonchev–Trinajstić information content (AvgIpc) is 2.46. The van der Waals surface area contributed by atoms with Gasteiger partial charge in [-0.1, -0.05) is 36.7 Å². The number of nitrogens with one attached hydrogen (secondary N) is 1. The first-order valence-corrected chi connectivity index (χ1v) is 8.60. The van der Waals surface area contributed by atoms with Crippen molar-refractivity contribution in [2.75, 3.05) is 19.8 Å². The molecule has 21 heavy (non-hydrogen) atoms. The minimum atomic E-state index is 0.350. The summed E-state index contributed by atoms with van der Waals surface area (Å²) in [6.45, 7) is 11.6. The van der Waals surface area contributed by atoms with Gasteiger partial charge in [0.1, 0.15) is 5.75 Å². The molecule has 0 saturated carbocycles. The van der Waals surface area contributed by atoms with Gasteiger partial charge in [0.15, 0.2) is 0 Å². The summed E-state index contributed by atoms with van der Waals surface area (Å²) in [6, 6.07) is 6.52. The molecule has 0 aromatic heterocycles. The summed E-state index contributed by atoms with van der Waals surface area (Å²) >= 11 is 3.53. The molecule has 1 aromatic rings. The monoisotopic (exact) mass is 357 g/mol. The first-order chi connectivity index (χ1) is 10.1. The fourth-order valence-corrected chi connectivity index (χ4v) is 2.42. The molecule has 4 heteroatoms. The maximum absolute atomic E-state index is 5.82. The van der Waals surface area contributed by atoms with E-state index in [1.165, 1.54) is 5.56 Å². The molecule has 0 radical (unpaired) electrons. The average molecular weight is 358 g/mol. The highest BCUT2D eigenvalue weighted by Crippen LogP contribution is 2.23. The Morgan fingerprint density at radius 2 is 2.00 bits per heavy atom. The number of hydrogen-bond donors (Lipinski definition) is 1. The number of halogens is 1. The van der Waals surface area contributed by atoms with Crippen LogP contribution in [0.1, 0.15) is 39.7 Å². The Kier molecular flexibility index (Phi) is 8.97. The van der Waals surface area contributed by atoms with Crippen molar-refractivity contribution in [2.24, 2.45) is 5.92 Å². The van der Waals surface area contributed by atoms with Gasteiger partial charge < -0.3 is 14.8 Å². The predicted molar refractivity (Wildman–Crippen MR) is 91.9 cm³/mol. The smallest absolute Gasteiger partial charge is 0.123 e. The highest BCUT2D eigenvalue weighted by atomic mass is 79.9. The molecule has 0 heterocycles. The maximum atomic E-state index is 5.82. The lowest BCUT2D eigenvalue weighted by Crippen LogP contribution is -2.37. The lowest BCUT2D eigenvalue weighted by atomic mass is 10.0. The van der Waals surface area contributed by atoms with Crippen molar-refractivity contribution in [3.8, 4) is 5.75 Å². The Balaban J connectivity index is 2.68. The number of benzene rings is 1. The van der Waals surface area contributed by atoms with Crippen LogP contribution in [0.15, 0.2) is 22.7 Å². The van der Waals surface area contributed by atoms with Gasteiger partial charge in [0, 0.05) is 29.2 Å². The third-order valence-corrected chi connectivity index (χ3v) is 3.84. The van der Waals surface area contributed by atoms with Crippen molar-refractivity contribution >= 4 is 15.9 Å². The first-order valence-electron chi connectivity index (χ1n) is 7.80. The van der Waals surface area contributed by atoms with Crippen molar-refractivity contribution in [1.82, 2.24) is 5.32 Å². The molecule has 0 amide bonds. The predicted octanol–water partition coefficient (Wildman–Crippen LogP) is 4.39. The third-order valence-electron chi connectivity index (χ3n) is 3.35. The van der Waals surface area contributed by atoms with Crippen LogP contribution in [0.25, 0.3) is 0 Å². The van der Waals surface area contributed by atoms with Crippen molar-refractivity contribution in [1.29, 1.82) is 0 Å².